The molecule has 0 radical (unpaired) electrons. The summed E-state index contributed by atoms with van der Waals surface area (Å²) in [5, 5.41) is 0. The fraction of sp³-hybridized carbons (Fsp3) is 0.286. The second-order valence-corrected chi connectivity index (χ2v) is 4.13. The van der Waals surface area contributed by atoms with Crippen LogP contribution in [0.1, 0.15) is 20.1 Å². The smallest absolute Gasteiger partial charge is 0.161 e. The Kier molecular flexibility index (Phi) is 2.26. The minimum atomic E-state index is 0.787. The summed E-state index contributed by atoms with van der Waals surface area (Å²) in [4.78, 5) is 12.4. The molecular formula is C7H7BrOS. The van der Waals surface area contributed by atoms with Gasteiger partial charge in [-0.25, -0.2) is 0 Å². The largest absolute Gasteiger partial charge is 0.297 e. The molecule has 10 heavy (non-hydrogen) atoms. The van der Waals surface area contributed by atoms with Gasteiger partial charge in [0.25, 0.3) is 0 Å². The Bertz CT molecular complexity index is 265. The van der Waals surface area contributed by atoms with Gasteiger partial charge in [0, 0.05) is 9.35 Å². The van der Waals surface area contributed by atoms with Gasteiger partial charge in [0.15, 0.2) is 6.29 Å². The van der Waals surface area contributed by atoms with Gasteiger partial charge in [-0.1, -0.05) is 0 Å². The molecule has 54 valence electrons. The Labute approximate surface area is 72.2 Å². The average Bonchev–Trinajstić information content (AvgIpc) is 2.17. The lowest BCUT2D eigenvalue weighted by atomic mass is 10.3. The Morgan fingerprint density at radius 1 is 1.50 bits per heavy atom. The number of rotatable bonds is 1. The van der Waals surface area contributed by atoms with Crippen LogP contribution in [0.2, 0.25) is 0 Å². The number of halogens is 1. The third-order valence-corrected chi connectivity index (χ3v) is 3.86. The monoisotopic (exact) mass is 218 g/mol. The van der Waals surface area contributed by atoms with Crippen molar-refractivity contribution in [2.75, 3.05) is 0 Å². The van der Waals surface area contributed by atoms with E-state index < -0.39 is 0 Å². The number of hydrogen-bond acceptors (Lipinski definition) is 2. The van der Waals surface area contributed by atoms with E-state index in [-0.39, 0.29) is 0 Å². The maximum Gasteiger partial charge on any atom is 0.161 e. The SMILES string of the molecule is Cc1sc(C=O)c(Br)c1C. The number of aldehydes is 1. The molecule has 0 aliphatic heterocycles. The lowest BCUT2D eigenvalue weighted by molar-refractivity contribution is 0.112. The van der Waals surface area contributed by atoms with E-state index in [1.165, 1.54) is 21.8 Å². The summed E-state index contributed by atoms with van der Waals surface area (Å²) in [5.41, 5.74) is 1.17. The summed E-state index contributed by atoms with van der Waals surface area (Å²) in [5.74, 6) is 0. The molecule has 3 heteroatoms. The van der Waals surface area contributed by atoms with Gasteiger partial charge in [-0.15, -0.1) is 11.3 Å². The topological polar surface area (TPSA) is 17.1 Å². The summed E-state index contributed by atoms with van der Waals surface area (Å²) >= 11 is 4.87. The zero-order chi connectivity index (χ0) is 7.72. The van der Waals surface area contributed by atoms with Gasteiger partial charge in [-0.2, -0.15) is 0 Å². The summed E-state index contributed by atoms with van der Waals surface area (Å²) in [6, 6.07) is 0. The second-order valence-electron chi connectivity index (χ2n) is 2.08. The molecule has 1 aromatic heterocycles. The third-order valence-electron chi connectivity index (χ3n) is 1.44. The zero-order valence-corrected chi connectivity index (χ0v) is 8.17. The van der Waals surface area contributed by atoms with E-state index in [0.717, 1.165) is 15.6 Å². The first-order valence-electron chi connectivity index (χ1n) is 2.87. The number of aryl methyl sites for hydroxylation is 1. The van der Waals surface area contributed by atoms with E-state index in [4.69, 9.17) is 0 Å². The van der Waals surface area contributed by atoms with Gasteiger partial charge in [0.1, 0.15) is 0 Å². The van der Waals surface area contributed by atoms with Crippen LogP contribution in [0.4, 0.5) is 0 Å². The number of hydrogen-bond donors (Lipinski definition) is 0. The Morgan fingerprint density at radius 3 is 2.30 bits per heavy atom. The van der Waals surface area contributed by atoms with Gasteiger partial charge in [0.05, 0.1) is 4.88 Å². The van der Waals surface area contributed by atoms with Gasteiger partial charge in [0.2, 0.25) is 0 Å². The molecule has 0 fully saturated rings. The maximum absolute atomic E-state index is 10.4. The van der Waals surface area contributed by atoms with Crippen molar-refractivity contribution >= 4 is 33.6 Å². The highest BCUT2D eigenvalue weighted by Crippen LogP contribution is 2.30. The van der Waals surface area contributed by atoms with Gasteiger partial charge in [-0.05, 0) is 35.3 Å². The van der Waals surface area contributed by atoms with E-state index in [2.05, 4.69) is 15.9 Å². The van der Waals surface area contributed by atoms with Crippen LogP contribution < -0.4 is 0 Å². The van der Waals surface area contributed by atoms with E-state index in [0.29, 0.717) is 0 Å². The van der Waals surface area contributed by atoms with Gasteiger partial charge < -0.3 is 0 Å². The van der Waals surface area contributed by atoms with Crippen molar-refractivity contribution < 1.29 is 4.79 Å². The van der Waals surface area contributed by atoms with E-state index in [9.17, 15) is 4.79 Å². The molecule has 0 aromatic carbocycles. The lowest BCUT2D eigenvalue weighted by Gasteiger charge is -1.86. The lowest BCUT2D eigenvalue weighted by Crippen LogP contribution is -1.72. The van der Waals surface area contributed by atoms with Crippen molar-refractivity contribution in [3.05, 3.63) is 19.8 Å². The second kappa shape index (κ2) is 2.84. The Balaban J connectivity index is 3.30. The van der Waals surface area contributed by atoms with Crippen LogP contribution in [0.25, 0.3) is 0 Å². The van der Waals surface area contributed by atoms with Gasteiger partial charge >= 0.3 is 0 Å². The molecule has 0 saturated carbocycles. The minimum absolute atomic E-state index is 0.787. The number of thiophene rings is 1. The Hall–Kier alpha value is -0.150. The molecule has 1 aromatic rings. The van der Waals surface area contributed by atoms with Crippen LogP contribution in [-0.2, 0) is 0 Å². The predicted octanol–water partition coefficient (Wildman–Crippen LogP) is 2.94. The van der Waals surface area contributed by atoms with Crippen molar-refractivity contribution in [1.82, 2.24) is 0 Å². The van der Waals surface area contributed by atoms with E-state index in [1.807, 2.05) is 13.8 Å². The standard InChI is InChI=1S/C7H7BrOS/c1-4-5(2)10-6(3-9)7(4)8/h3H,1-2H3. The number of carbonyl (C=O) groups is 1. The van der Waals surface area contributed by atoms with Crippen LogP contribution in [0.15, 0.2) is 4.47 Å². The molecule has 0 aliphatic carbocycles. The van der Waals surface area contributed by atoms with Crippen LogP contribution >= 0.6 is 27.3 Å². The molecule has 1 rings (SSSR count). The van der Waals surface area contributed by atoms with Crippen LogP contribution in [0.5, 0.6) is 0 Å². The molecule has 0 amide bonds. The fourth-order valence-electron chi connectivity index (χ4n) is 0.701. The number of carbonyl (C=O) groups excluding carboxylic acids is 1. The first-order chi connectivity index (χ1) is 4.66. The predicted molar refractivity (Wildman–Crippen MR) is 46.9 cm³/mol. The van der Waals surface area contributed by atoms with Crippen molar-refractivity contribution in [2.45, 2.75) is 13.8 Å². The molecule has 1 heterocycles. The minimum Gasteiger partial charge on any atom is -0.297 e. The summed E-state index contributed by atoms with van der Waals surface area (Å²) in [6.07, 6.45) is 0.884. The first kappa shape index (κ1) is 7.95. The highest BCUT2D eigenvalue weighted by atomic mass is 79.9. The molecular weight excluding hydrogens is 212 g/mol. The molecule has 0 spiro atoms. The summed E-state index contributed by atoms with van der Waals surface area (Å²) in [6.45, 7) is 4.01. The molecule has 0 atom stereocenters. The normalized spacial score (nSPS) is 9.90. The summed E-state index contributed by atoms with van der Waals surface area (Å²) in [7, 11) is 0. The zero-order valence-electron chi connectivity index (χ0n) is 5.77. The maximum atomic E-state index is 10.4. The highest BCUT2D eigenvalue weighted by Gasteiger charge is 2.07. The molecule has 0 N–H and O–H groups in total. The summed E-state index contributed by atoms with van der Waals surface area (Å²) < 4.78 is 0.949. The van der Waals surface area contributed by atoms with Gasteiger partial charge in [-0.3, -0.25) is 4.79 Å². The van der Waals surface area contributed by atoms with Crippen molar-refractivity contribution in [1.29, 1.82) is 0 Å². The fourth-order valence-corrected chi connectivity index (χ4v) is 2.34. The van der Waals surface area contributed by atoms with Crippen LogP contribution in [-0.4, -0.2) is 6.29 Å². The molecule has 0 aliphatic rings. The van der Waals surface area contributed by atoms with Crippen molar-refractivity contribution in [2.24, 2.45) is 0 Å². The molecule has 1 nitrogen and oxygen atoms in total. The highest BCUT2D eigenvalue weighted by molar-refractivity contribution is 9.10. The van der Waals surface area contributed by atoms with E-state index >= 15 is 0 Å². The van der Waals surface area contributed by atoms with E-state index in [1.54, 1.807) is 0 Å². The molecule has 0 bridgehead atoms. The first-order valence-corrected chi connectivity index (χ1v) is 4.48. The molecule has 0 saturated heterocycles. The van der Waals surface area contributed by atoms with Crippen molar-refractivity contribution in [3.8, 4) is 0 Å². The van der Waals surface area contributed by atoms with Crippen molar-refractivity contribution in [3.63, 3.8) is 0 Å². The third kappa shape index (κ3) is 1.16. The molecule has 0 unspecified atom stereocenters. The Morgan fingerprint density at radius 2 is 2.10 bits per heavy atom. The van der Waals surface area contributed by atoms with Crippen LogP contribution in [0.3, 0.4) is 0 Å². The quantitative estimate of drug-likeness (QED) is 0.663. The average molecular weight is 219 g/mol. The van der Waals surface area contributed by atoms with Crippen LogP contribution in [0, 0.1) is 13.8 Å².